The third-order valence-corrected chi connectivity index (χ3v) is 4.18. The predicted molar refractivity (Wildman–Crippen MR) is 82.5 cm³/mol. The first kappa shape index (κ1) is 15.5. The van der Waals surface area contributed by atoms with Crippen molar-refractivity contribution >= 4 is 0 Å². The molecule has 0 unspecified atom stereocenters. The van der Waals surface area contributed by atoms with Crippen LogP contribution in [0.25, 0.3) is 0 Å². The van der Waals surface area contributed by atoms with Crippen LogP contribution in [0.4, 0.5) is 4.39 Å². The smallest absolute Gasteiger partial charge is 0.128 e. The largest absolute Gasteiger partial charge is 0.314 e. The molecule has 2 nitrogen and oxygen atoms in total. The molecular formula is C17H27FN2. The zero-order valence-corrected chi connectivity index (χ0v) is 12.8. The van der Waals surface area contributed by atoms with E-state index in [1.807, 2.05) is 19.1 Å². The Hall–Kier alpha value is -0.930. The van der Waals surface area contributed by atoms with Gasteiger partial charge in [0.05, 0.1) is 0 Å². The number of piperazine rings is 1. The van der Waals surface area contributed by atoms with Crippen LogP contribution in [0.5, 0.6) is 0 Å². The number of halogens is 1. The maximum atomic E-state index is 14.2. The highest BCUT2D eigenvalue weighted by Crippen LogP contribution is 2.29. The first-order valence-electron chi connectivity index (χ1n) is 7.93. The number of nitrogens with zero attached hydrogens (tertiary/aromatic N) is 1. The van der Waals surface area contributed by atoms with E-state index < -0.39 is 0 Å². The van der Waals surface area contributed by atoms with E-state index in [0.717, 1.165) is 43.7 Å². The van der Waals surface area contributed by atoms with E-state index >= 15 is 0 Å². The molecular weight excluding hydrogens is 251 g/mol. The molecule has 3 heteroatoms. The van der Waals surface area contributed by atoms with Gasteiger partial charge in [0.15, 0.2) is 0 Å². The third-order valence-electron chi connectivity index (χ3n) is 4.18. The predicted octanol–water partition coefficient (Wildman–Crippen LogP) is 3.66. The Balaban J connectivity index is 2.17. The van der Waals surface area contributed by atoms with Crippen LogP contribution >= 0.6 is 0 Å². The molecule has 0 amide bonds. The Bertz CT molecular complexity index is 413. The average Bonchev–Trinajstić information content (AvgIpc) is 2.48. The Morgan fingerprint density at radius 3 is 2.70 bits per heavy atom. The van der Waals surface area contributed by atoms with Crippen molar-refractivity contribution in [3.63, 3.8) is 0 Å². The normalized spacial score (nSPS) is 18.1. The molecule has 20 heavy (non-hydrogen) atoms. The van der Waals surface area contributed by atoms with Gasteiger partial charge in [-0.2, -0.15) is 0 Å². The molecule has 1 aromatic carbocycles. The second kappa shape index (κ2) is 7.75. The molecule has 1 heterocycles. The summed E-state index contributed by atoms with van der Waals surface area (Å²) in [5, 5.41) is 3.38. The molecule has 0 spiro atoms. The number of aryl methyl sites for hydroxylation is 1. The molecule has 0 saturated carbocycles. The maximum Gasteiger partial charge on any atom is 0.128 e. The van der Waals surface area contributed by atoms with Gasteiger partial charge in [-0.25, -0.2) is 4.39 Å². The number of unbranched alkanes of at least 4 members (excludes halogenated alkanes) is 2. The van der Waals surface area contributed by atoms with Crippen molar-refractivity contribution in [2.45, 2.75) is 45.6 Å². The lowest BCUT2D eigenvalue weighted by Crippen LogP contribution is -2.45. The van der Waals surface area contributed by atoms with E-state index in [-0.39, 0.29) is 11.9 Å². The van der Waals surface area contributed by atoms with Gasteiger partial charge in [0.2, 0.25) is 0 Å². The van der Waals surface area contributed by atoms with Crippen molar-refractivity contribution in [2.75, 3.05) is 26.2 Å². The third kappa shape index (κ3) is 4.03. The summed E-state index contributed by atoms with van der Waals surface area (Å²) in [5.74, 6) is -0.0457. The SMILES string of the molecule is CCCCC[C@@H](c1cc(C)ccc1F)N1CCNCC1. The van der Waals surface area contributed by atoms with Crippen LogP contribution in [0.1, 0.15) is 49.8 Å². The summed E-state index contributed by atoms with van der Waals surface area (Å²) in [6.07, 6.45) is 4.69. The molecule has 1 saturated heterocycles. The van der Waals surface area contributed by atoms with Gasteiger partial charge in [-0.05, 0) is 19.4 Å². The van der Waals surface area contributed by atoms with Crippen LogP contribution in [0.3, 0.4) is 0 Å². The second-order valence-corrected chi connectivity index (χ2v) is 5.82. The maximum absolute atomic E-state index is 14.2. The van der Waals surface area contributed by atoms with Crippen LogP contribution in [0.2, 0.25) is 0 Å². The highest BCUT2D eigenvalue weighted by molar-refractivity contribution is 5.27. The van der Waals surface area contributed by atoms with Gasteiger partial charge in [-0.3, -0.25) is 4.90 Å². The fraction of sp³-hybridized carbons (Fsp3) is 0.647. The highest BCUT2D eigenvalue weighted by atomic mass is 19.1. The molecule has 1 aliphatic rings. The summed E-state index contributed by atoms with van der Waals surface area (Å²) >= 11 is 0. The van der Waals surface area contributed by atoms with E-state index in [1.54, 1.807) is 6.07 Å². The van der Waals surface area contributed by atoms with Gasteiger partial charge in [-0.1, -0.05) is 43.9 Å². The second-order valence-electron chi connectivity index (χ2n) is 5.82. The van der Waals surface area contributed by atoms with Crippen LogP contribution < -0.4 is 5.32 Å². The van der Waals surface area contributed by atoms with Gasteiger partial charge < -0.3 is 5.32 Å². The van der Waals surface area contributed by atoms with Gasteiger partial charge in [-0.15, -0.1) is 0 Å². The van der Waals surface area contributed by atoms with Crippen molar-refractivity contribution in [1.82, 2.24) is 10.2 Å². The molecule has 0 aromatic heterocycles. The minimum absolute atomic E-state index is 0.0457. The van der Waals surface area contributed by atoms with Gasteiger partial charge in [0, 0.05) is 37.8 Å². The van der Waals surface area contributed by atoms with Gasteiger partial charge >= 0.3 is 0 Å². The number of hydrogen-bond donors (Lipinski definition) is 1. The Morgan fingerprint density at radius 2 is 2.00 bits per heavy atom. The fourth-order valence-electron chi connectivity index (χ4n) is 3.03. The highest BCUT2D eigenvalue weighted by Gasteiger charge is 2.24. The lowest BCUT2D eigenvalue weighted by Gasteiger charge is -2.35. The number of benzene rings is 1. The molecule has 0 bridgehead atoms. The first-order chi connectivity index (χ1) is 9.72. The monoisotopic (exact) mass is 278 g/mol. The van der Waals surface area contributed by atoms with Crippen molar-refractivity contribution in [3.05, 3.63) is 35.1 Å². The van der Waals surface area contributed by atoms with Gasteiger partial charge in [0.25, 0.3) is 0 Å². The van der Waals surface area contributed by atoms with Crippen molar-refractivity contribution in [2.24, 2.45) is 0 Å². The van der Waals surface area contributed by atoms with Crippen LogP contribution in [0.15, 0.2) is 18.2 Å². The summed E-state index contributed by atoms with van der Waals surface area (Å²) in [7, 11) is 0. The number of nitrogens with one attached hydrogen (secondary N) is 1. The van der Waals surface area contributed by atoms with Gasteiger partial charge in [0.1, 0.15) is 5.82 Å². The zero-order chi connectivity index (χ0) is 14.4. The van der Waals surface area contributed by atoms with E-state index in [4.69, 9.17) is 0 Å². The van der Waals surface area contributed by atoms with E-state index in [9.17, 15) is 4.39 Å². The van der Waals surface area contributed by atoms with E-state index in [2.05, 4.69) is 17.1 Å². The molecule has 1 N–H and O–H groups in total. The molecule has 0 aliphatic carbocycles. The fourth-order valence-corrected chi connectivity index (χ4v) is 3.03. The van der Waals surface area contributed by atoms with E-state index in [0.29, 0.717) is 0 Å². The molecule has 1 aromatic rings. The quantitative estimate of drug-likeness (QED) is 0.799. The Labute approximate surface area is 122 Å². The molecule has 1 fully saturated rings. The molecule has 0 radical (unpaired) electrons. The zero-order valence-electron chi connectivity index (χ0n) is 12.8. The summed E-state index contributed by atoms with van der Waals surface area (Å²) in [6, 6.07) is 5.76. The van der Waals surface area contributed by atoms with Crippen molar-refractivity contribution in [3.8, 4) is 0 Å². The lowest BCUT2D eigenvalue weighted by molar-refractivity contribution is 0.159. The Kier molecular flexibility index (Phi) is 5.99. The summed E-state index contributed by atoms with van der Waals surface area (Å²) in [5.41, 5.74) is 2.04. The standard InChI is InChI=1S/C17H27FN2/c1-3-4-5-6-17(20-11-9-19-10-12-20)15-13-14(2)7-8-16(15)18/h7-8,13,17,19H,3-6,9-12H2,1-2H3/t17-/m0/s1. The van der Waals surface area contributed by atoms with Crippen molar-refractivity contribution in [1.29, 1.82) is 0 Å². The molecule has 1 atom stereocenters. The number of rotatable bonds is 6. The van der Waals surface area contributed by atoms with Crippen molar-refractivity contribution < 1.29 is 4.39 Å². The first-order valence-corrected chi connectivity index (χ1v) is 7.93. The topological polar surface area (TPSA) is 15.3 Å². The summed E-state index contributed by atoms with van der Waals surface area (Å²) in [4.78, 5) is 2.45. The number of hydrogen-bond acceptors (Lipinski definition) is 2. The summed E-state index contributed by atoms with van der Waals surface area (Å²) in [6.45, 7) is 8.32. The minimum Gasteiger partial charge on any atom is -0.314 e. The van der Waals surface area contributed by atoms with Crippen LogP contribution in [0, 0.1) is 12.7 Å². The Morgan fingerprint density at radius 1 is 1.25 bits per heavy atom. The minimum atomic E-state index is -0.0457. The average molecular weight is 278 g/mol. The van der Waals surface area contributed by atoms with E-state index in [1.165, 1.54) is 19.3 Å². The van der Waals surface area contributed by atoms with Crippen LogP contribution in [-0.4, -0.2) is 31.1 Å². The van der Waals surface area contributed by atoms with Crippen LogP contribution in [-0.2, 0) is 0 Å². The summed E-state index contributed by atoms with van der Waals surface area (Å²) < 4.78 is 14.2. The molecule has 112 valence electrons. The lowest BCUT2D eigenvalue weighted by atomic mass is 9.96. The molecule has 2 rings (SSSR count). The molecule has 1 aliphatic heterocycles.